The van der Waals surface area contributed by atoms with Crippen LogP contribution in [0, 0.1) is 0 Å². The molecule has 0 saturated heterocycles. The molecule has 0 heterocycles. The highest BCUT2D eigenvalue weighted by atomic mass is 16.2. The highest BCUT2D eigenvalue weighted by Gasteiger charge is 2.16. The zero-order valence-electron chi connectivity index (χ0n) is 7.89. The molecule has 1 atom stereocenters. The van der Waals surface area contributed by atoms with Crippen molar-refractivity contribution in [2.75, 3.05) is 7.05 Å². The molecule has 1 rings (SSSR count). The molecule has 0 aliphatic heterocycles. The van der Waals surface area contributed by atoms with Gasteiger partial charge in [-0.25, -0.2) is 0 Å². The molecule has 2 N–H and O–H groups in total. The van der Waals surface area contributed by atoms with Crippen molar-refractivity contribution in [2.45, 2.75) is 25.8 Å². The third-order valence-electron chi connectivity index (χ3n) is 2.02. The molecule has 0 fully saturated rings. The highest BCUT2D eigenvalue weighted by Crippen LogP contribution is 2.12. The fourth-order valence-corrected chi connectivity index (χ4v) is 1.27. The third kappa shape index (κ3) is 2.57. The van der Waals surface area contributed by atoms with Crippen LogP contribution in [0.5, 0.6) is 0 Å². The number of amides is 1. The van der Waals surface area contributed by atoms with E-state index in [4.69, 9.17) is 0 Å². The molecule has 1 amide bonds. The van der Waals surface area contributed by atoms with Gasteiger partial charge in [0.25, 0.3) is 0 Å². The average Bonchev–Trinajstić information content (AvgIpc) is 2.49. The molecular formula is C9H14N2O2. The lowest BCUT2D eigenvalue weighted by molar-refractivity contribution is -0.122. The van der Waals surface area contributed by atoms with Gasteiger partial charge in [0, 0.05) is 25.2 Å². The van der Waals surface area contributed by atoms with Crippen LogP contribution in [-0.2, 0) is 9.59 Å². The lowest BCUT2D eigenvalue weighted by Crippen LogP contribution is -2.39. The van der Waals surface area contributed by atoms with Crippen molar-refractivity contribution >= 4 is 11.7 Å². The van der Waals surface area contributed by atoms with Crippen LogP contribution < -0.4 is 10.6 Å². The van der Waals surface area contributed by atoms with Gasteiger partial charge in [0.15, 0.2) is 5.78 Å². The van der Waals surface area contributed by atoms with E-state index in [2.05, 4.69) is 10.6 Å². The van der Waals surface area contributed by atoms with Crippen LogP contribution in [0.3, 0.4) is 0 Å². The minimum Gasteiger partial charge on any atom is -0.377 e. The van der Waals surface area contributed by atoms with E-state index >= 15 is 0 Å². The Balaban J connectivity index is 2.45. The Kier molecular flexibility index (Phi) is 3.06. The summed E-state index contributed by atoms with van der Waals surface area (Å²) in [5.41, 5.74) is 0.862. The van der Waals surface area contributed by atoms with Gasteiger partial charge in [-0.15, -0.1) is 0 Å². The smallest absolute Gasteiger partial charge is 0.241 e. The third-order valence-corrected chi connectivity index (χ3v) is 2.02. The lowest BCUT2D eigenvalue weighted by atomic mass is 10.2. The largest absolute Gasteiger partial charge is 0.377 e. The van der Waals surface area contributed by atoms with Crippen LogP contribution in [0.1, 0.15) is 19.8 Å². The molecule has 1 aliphatic rings. The molecule has 4 nitrogen and oxygen atoms in total. The number of hydrogen-bond donors (Lipinski definition) is 2. The van der Waals surface area contributed by atoms with E-state index in [0.29, 0.717) is 6.42 Å². The summed E-state index contributed by atoms with van der Waals surface area (Å²) in [7, 11) is 1.59. The Morgan fingerprint density at radius 1 is 1.54 bits per heavy atom. The first kappa shape index (κ1) is 9.77. The Labute approximate surface area is 77.4 Å². The molecule has 0 spiro atoms. The molecule has 72 valence electrons. The van der Waals surface area contributed by atoms with Crippen molar-refractivity contribution in [3.8, 4) is 0 Å². The van der Waals surface area contributed by atoms with Gasteiger partial charge in [-0.2, -0.15) is 0 Å². The SMILES string of the molecule is CNC(=O)C(C)NC1=CC(=O)CC1. The molecule has 0 radical (unpaired) electrons. The first-order valence-electron chi connectivity index (χ1n) is 4.35. The molecule has 0 saturated carbocycles. The number of carbonyl (C=O) groups is 2. The summed E-state index contributed by atoms with van der Waals surface area (Å²) in [5, 5.41) is 5.52. The number of likely N-dealkylation sites (N-methyl/N-ethyl adjacent to an activating group) is 1. The fraction of sp³-hybridized carbons (Fsp3) is 0.556. The van der Waals surface area contributed by atoms with Gasteiger partial charge in [0.05, 0.1) is 0 Å². The van der Waals surface area contributed by atoms with E-state index in [9.17, 15) is 9.59 Å². The van der Waals surface area contributed by atoms with Crippen molar-refractivity contribution in [1.82, 2.24) is 10.6 Å². The van der Waals surface area contributed by atoms with Gasteiger partial charge in [-0.3, -0.25) is 9.59 Å². The second kappa shape index (κ2) is 4.07. The fourth-order valence-electron chi connectivity index (χ4n) is 1.27. The molecule has 1 aliphatic carbocycles. The number of ketones is 1. The lowest BCUT2D eigenvalue weighted by Gasteiger charge is -2.13. The zero-order chi connectivity index (χ0) is 9.84. The Hall–Kier alpha value is -1.32. The Bertz CT molecular complexity index is 258. The summed E-state index contributed by atoms with van der Waals surface area (Å²) in [6.07, 6.45) is 2.85. The quantitative estimate of drug-likeness (QED) is 0.643. The van der Waals surface area contributed by atoms with Crippen molar-refractivity contribution < 1.29 is 9.59 Å². The predicted octanol–water partition coefficient (Wildman–Crippen LogP) is -0.0427. The van der Waals surface area contributed by atoms with Crippen molar-refractivity contribution in [2.24, 2.45) is 0 Å². The molecule has 13 heavy (non-hydrogen) atoms. The van der Waals surface area contributed by atoms with Gasteiger partial charge < -0.3 is 10.6 Å². The standard InChI is InChI=1S/C9H14N2O2/c1-6(9(13)10-2)11-7-3-4-8(12)5-7/h5-6,11H,3-4H2,1-2H3,(H,10,13). The van der Waals surface area contributed by atoms with E-state index in [0.717, 1.165) is 12.1 Å². The second-order valence-corrected chi connectivity index (χ2v) is 3.12. The summed E-state index contributed by atoms with van der Waals surface area (Å²) in [5.74, 6) is 0.0619. The average molecular weight is 182 g/mol. The van der Waals surface area contributed by atoms with Crippen LogP contribution in [-0.4, -0.2) is 24.8 Å². The number of hydrogen-bond acceptors (Lipinski definition) is 3. The topological polar surface area (TPSA) is 58.2 Å². The Morgan fingerprint density at radius 2 is 2.23 bits per heavy atom. The summed E-state index contributed by atoms with van der Waals surface area (Å²) < 4.78 is 0. The highest BCUT2D eigenvalue weighted by molar-refractivity contribution is 5.93. The van der Waals surface area contributed by atoms with Crippen LogP contribution in [0.2, 0.25) is 0 Å². The normalized spacial score (nSPS) is 18.0. The molecule has 1 unspecified atom stereocenters. The summed E-state index contributed by atoms with van der Waals surface area (Å²) in [6, 6.07) is -0.276. The van der Waals surface area contributed by atoms with E-state index < -0.39 is 0 Å². The van der Waals surface area contributed by atoms with Gasteiger partial charge in [0.2, 0.25) is 5.91 Å². The molecular weight excluding hydrogens is 168 g/mol. The van der Waals surface area contributed by atoms with Crippen molar-refractivity contribution in [3.63, 3.8) is 0 Å². The van der Waals surface area contributed by atoms with Crippen molar-refractivity contribution in [3.05, 3.63) is 11.8 Å². The predicted molar refractivity (Wildman–Crippen MR) is 49.0 cm³/mol. The maximum Gasteiger partial charge on any atom is 0.241 e. The molecule has 0 bridgehead atoms. The number of allylic oxidation sites excluding steroid dienone is 2. The van der Waals surface area contributed by atoms with Gasteiger partial charge in [-0.1, -0.05) is 0 Å². The van der Waals surface area contributed by atoms with Crippen LogP contribution >= 0.6 is 0 Å². The maximum absolute atomic E-state index is 11.1. The first-order valence-corrected chi connectivity index (χ1v) is 4.35. The van der Waals surface area contributed by atoms with Crippen LogP contribution in [0.15, 0.2) is 11.8 Å². The zero-order valence-corrected chi connectivity index (χ0v) is 7.89. The summed E-state index contributed by atoms with van der Waals surface area (Å²) in [4.78, 5) is 22.0. The van der Waals surface area contributed by atoms with Crippen molar-refractivity contribution in [1.29, 1.82) is 0 Å². The molecule has 0 aromatic rings. The van der Waals surface area contributed by atoms with Gasteiger partial charge in [0.1, 0.15) is 6.04 Å². The minimum absolute atomic E-state index is 0.0692. The second-order valence-electron chi connectivity index (χ2n) is 3.12. The number of nitrogens with one attached hydrogen (secondary N) is 2. The minimum atomic E-state index is -0.276. The van der Waals surface area contributed by atoms with Crippen LogP contribution in [0.4, 0.5) is 0 Å². The molecule has 0 aromatic carbocycles. The number of rotatable bonds is 3. The number of carbonyl (C=O) groups excluding carboxylic acids is 2. The van der Waals surface area contributed by atoms with E-state index in [1.54, 1.807) is 20.0 Å². The molecule has 4 heteroatoms. The summed E-state index contributed by atoms with van der Waals surface area (Å²) in [6.45, 7) is 1.77. The Morgan fingerprint density at radius 3 is 2.69 bits per heavy atom. The van der Waals surface area contributed by atoms with Gasteiger partial charge >= 0.3 is 0 Å². The molecule has 0 aromatic heterocycles. The van der Waals surface area contributed by atoms with Gasteiger partial charge in [-0.05, 0) is 13.3 Å². The maximum atomic E-state index is 11.1. The first-order chi connectivity index (χ1) is 6.13. The van der Waals surface area contributed by atoms with E-state index in [-0.39, 0.29) is 17.7 Å². The van der Waals surface area contributed by atoms with E-state index in [1.165, 1.54) is 0 Å². The summed E-state index contributed by atoms with van der Waals surface area (Å²) >= 11 is 0. The van der Waals surface area contributed by atoms with Crippen LogP contribution in [0.25, 0.3) is 0 Å². The van der Waals surface area contributed by atoms with E-state index in [1.807, 2.05) is 0 Å². The monoisotopic (exact) mass is 182 g/mol.